The third-order valence-electron chi connectivity index (χ3n) is 3.83. The number of nitrogens with one attached hydrogen (secondary N) is 2. The number of pyridine rings is 1. The van der Waals surface area contributed by atoms with Gasteiger partial charge in [0.25, 0.3) is 0 Å². The number of H-pyrrole nitrogens is 1. The molecule has 0 saturated carbocycles. The summed E-state index contributed by atoms with van der Waals surface area (Å²) in [6.45, 7) is 3.73. The number of nitrogens with zero attached hydrogens (tertiary/aromatic N) is 5. The van der Waals surface area contributed by atoms with Crippen LogP contribution in [0.4, 0.5) is 5.95 Å². The molecule has 3 aromatic rings. The highest BCUT2D eigenvalue weighted by molar-refractivity contribution is 7.98. The van der Waals surface area contributed by atoms with Gasteiger partial charge in [-0.2, -0.15) is 9.97 Å². The van der Waals surface area contributed by atoms with E-state index in [2.05, 4.69) is 35.6 Å². The summed E-state index contributed by atoms with van der Waals surface area (Å²) in [5.74, 6) is 1.87. The van der Waals surface area contributed by atoms with Crippen molar-refractivity contribution in [3.8, 4) is 11.4 Å². The second kappa shape index (κ2) is 7.38. The van der Waals surface area contributed by atoms with Gasteiger partial charge in [0.05, 0.1) is 5.75 Å². The molecule has 0 amide bonds. The van der Waals surface area contributed by atoms with Gasteiger partial charge in [0.1, 0.15) is 0 Å². The summed E-state index contributed by atoms with van der Waals surface area (Å²) in [5.41, 5.74) is 9.85. The van der Waals surface area contributed by atoms with Gasteiger partial charge in [-0.1, -0.05) is 16.9 Å². The molecule has 0 saturated heterocycles. The predicted molar refractivity (Wildman–Crippen MR) is 95.3 cm³/mol. The van der Waals surface area contributed by atoms with Crippen molar-refractivity contribution in [1.29, 1.82) is 0 Å². The molecule has 4 N–H and O–H groups in total. The first kappa shape index (κ1) is 17.6. The summed E-state index contributed by atoms with van der Waals surface area (Å²) < 4.78 is 5.37. The van der Waals surface area contributed by atoms with Crippen molar-refractivity contribution in [2.45, 2.75) is 30.8 Å². The third kappa shape index (κ3) is 3.60. The van der Waals surface area contributed by atoms with E-state index in [4.69, 9.17) is 10.3 Å². The molecule has 1 aliphatic rings. The van der Waals surface area contributed by atoms with E-state index in [1.54, 1.807) is 0 Å². The summed E-state index contributed by atoms with van der Waals surface area (Å²) in [6.07, 6.45) is 2.86. The Hall–Kier alpha value is -2.17. The number of hydrogen-bond acceptors (Lipinski definition) is 9. The molecule has 132 valence electrons. The molecule has 9 nitrogen and oxygen atoms in total. The van der Waals surface area contributed by atoms with Crippen molar-refractivity contribution >= 4 is 30.1 Å². The van der Waals surface area contributed by atoms with Gasteiger partial charge < -0.3 is 15.6 Å². The molecule has 0 atom stereocenters. The standard InChI is InChI=1S/C14H16N8OS.ClH/c1-7-11(9-2-3-16-4-8(9)5-17-7)12-18-10(23-22-12)6-24-14-19-13(15)20-21-14;/h5,16H,2-4,6H2,1H3,(H3,15,19,20,21);1H. The van der Waals surface area contributed by atoms with E-state index in [0.29, 0.717) is 22.6 Å². The zero-order chi connectivity index (χ0) is 16.5. The van der Waals surface area contributed by atoms with Crippen LogP contribution in [0.5, 0.6) is 0 Å². The minimum Gasteiger partial charge on any atom is -0.368 e. The number of anilines is 1. The monoisotopic (exact) mass is 380 g/mol. The van der Waals surface area contributed by atoms with Crippen LogP contribution < -0.4 is 11.1 Å². The van der Waals surface area contributed by atoms with Crippen molar-refractivity contribution in [3.05, 3.63) is 28.9 Å². The van der Waals surface area contributed by atoms with Crippen LogP contribution in [0.15, 0.2) is 15.9 Å². The Morgan fingerprint density at radius 3 is 3.04 bits per heavy atom. The highest BCUT2D eigenvalue weighted by atomic mass is 35.5. The number of rotatable bonds is 4. The molecular weight excluding hydrogens is 364 g/mol. The average molecular weight is 381 g/mol. The van der Waals surface area contributed by atoms with Crippen LogP contribution in [0.25, 0.3) is 11.4 Å². The van der Waals surface area contributed by atoms with E-state index >= 15 is 0 Å². The first-order valence-electron chi connectivity index (χ1n) is 7.52. The first-order chi connectivity index (χ1) is 11.7. The van der Waals surface area contributed by atoms with Crippen LogP contribution >= 0.6 is 24.2 Å². The Morgan fingerprint density at radius 2 is 2.24 bits per heavy atom. The van der Waals surface area contributed by atoms with Crippen molar-refractivity contribution in [2.24, 2.45) is 0 Å². The molecule has 0 spiro atoms. The van der Waals surface area contributed by atoms with E-state index in [1.165, 1.54) is 22.9 Å². The zero-order valence-electron chi connectivity index (χ0n) is 13.4. The fourth-order valence-electron chi connectivity index (χ4n) is 2.73. The number of hydrogen-bond donors (Lipinski definition) is 3. The van der Waals surface area contributed by atoms with E-state index in [0.717, 1.165) is 30.8 Å². The van der Waals surface area contributed by atoms with Crippen LogP contribution in [-0.4, -0.2) is 36.9 Å². The van der Waals surface area contributed by atoms with Crippen molar-refractivity contribution in [3.63, 3.8) is 0 Å². The molecule has 0 radical (unpaired) electrons. The lowest BCUT2D eigenvalue weighted by molar-refractivity contribution is 0.391. The zero-order valence-corrected chi connectivity index (χ0v) is 15.1. The van der Waals surface area contributed by atoms with Crippen molar-refractivity contribution < 1.29 is 4.52 Å². The molecule has 3 aromatic heterocycles. The molecule has 1 aliphatic heterocycles. The number of halogens is 1. The topological polar surface area (TPSA) is 131 Å². The van der Waals surface area contributed by atoms with E-state index in [-0.39, 0.29) is 18.4 Å². The summed E-state index contributed by atoms with van der Waals surface area (Å²) in [6, 6.07) is 0. The number of nitrogen functional groups attached to an aromatic ring is 1. The van der Waals surface area contributed by atoms with Gasteiger partial charge in [-0.05, 0) is 31.0 Å². The van der Waals surface area contributed by atoms with Gasteiger partial charge in [0.2, 0.25) is 22.8 Å². The summed E-state index contributed by atoms with van der Waals surface area (Å²) >= 11 is 1.38. The molecule has 0 fully saturated rings. The van der Waals surface area contributed by atoms with Gasteiger partial charge in [-0.15, -0.1) is 17.5 Å². The Morgan fingerprint density at radius 1 is 1.36 bits per heavy atom. The summed E-state index contributed by atoms with van der Waals surface area (Å²) in [4.78, 5) is 13.0. The van der Waals surface area contributed by atoms with E-state index in [9.17, 15) is 0 Å². The molecule has 25 heavy (non-hydrogen) atoms. The Labute approximate surface area is 154 Å². The van der Waals surface area contributed by atoms with E-state index in [1.807, 2.05) is 13.1 Å². The quantitative estimate of drug-likeness (QED) is 0.576. The van der Waals surface area contributed by atoms with E-state index < -0.39 is 0 Å². The lowest BCUT2D eigenvalue weighted by Crippen LogP contribution is -2.24. The molecule has 0 unspecified atom stereocenters. The summed E-state index contributed by atoms with van der Waals surface area (Å²) in [7, 11) is 0. The van der Waals surface area contributed by atoms with Crippen molar-refractivity contribution in [2.75, 3.05) is 12.3 Å². The Balaban J connectivity index is 0.00000182. The third-order valence-corrected chi connectivity index (χ3v) is 4.66. The second-order valence-electron chi connectivity index (χ2n) is 5.45. The smallest absolute Gasteiger partial charge is 0.237 e. The second-order valence-corrected chi connectivity index (χ2v) is 6.40. The van der Waals surface area contributed by atoms with Crippen LogP contribution in [0.3, 0.4) is 0 Å². The van der Waals surface area contributed by atoms with Crippen LogP contribution in [0.2, 0.25) is 0 Å². The average Bonchev–Trinajstić information content (AvgIpc) is 3.22. The Bertz CT molecular complexity index is 880. The molecular formula is C14H17ClN8OS. The largest absolute Gasteiger partial charge is 0.368 e. The molecule has 0 bridgehead atoms. The first-order valence-corrected chi connectivity index (χ1v) is 8.51. The molecule has 11 heteroatoms. The predicted octanol–water partition coefficient (Wildman–Crippen LogP) is 1.50. The van der Waals surface area contributed by atoms with Gasteiger partial charge in [-0.3, -0.25) is 4.98 Å². The maximum absolute atomic E-state index is 5.50. The summed E-state index contributed by atoms with van der Waals surface area (Å²) in [5, 5.41) is 14.6. The van der Waals surface area contributed by atoms with Crippen molar-refractivity contribution in [1.82, 2.24) is 35.6 Å². The number of thioether (sulfide) groups is 1. The fraction of sp³-hybridized carbons (Fsp3) is 0.357. The van der Waals surface area contributed by atoms with Crippen LogP contribution in [0.1, 0.15) is 22.7 Å². The molecule has 4 heterocycles. The van der Waals surface area contributed by atoms with Crippen LogP contribution in [0, 0.1) is 6.92 Å². The Kier molecular flexibility index (Phi) is 5.21. The molecule has 4 rings (SSSR count). The molecule has 0 aliphatic carbocycles. The number of fused-ring (bicyclic) bond motifs is 1. The maximum atomic E-state index is 5.50. The normalized spacial score (nSPS) is 13.3. The lowest BCUT2D eigenvalue weighted by Gasteiger charge is -2.19. The van der Waals surface area contributed by atoms with Crippen LogP contribution in [-0.2, 0) is 18.7 Å². The minimum atomic E-state index is 0. The van der Waals surface area contributed by atoms with Gasteiger partial charge in [-0.25, -0.2) is 5.10 Å². The SMILES string of the molecule is Cc1ncc2c(c1-c1noc(CSc3n[nH]c(N)n3)n1)CCNC2.Cl. The lowest BCUT2D eigenvalue weighted by atomic mass is 9.95. The number of aromatic amines is 1. The molecule has 0 aromatic carbocycles. The van der Waals surface area contributed by atoms with Gasteiger partial charge in [0, 0.05) is 24.0 Å². The number of aryl methyl sites for hydroxylation is 1. The van der Waals surface area contributed by atoms with Gasteiger partial charge in [0.15, 0.2) is 0 Å². The fourth-order valence-corrected chi connectivity index (χ4v) is 3.37. The maximum Gasteiger partial charge on any atom is 0.237 e. The number of nitrogens with two attached hydrogens (primary N) is 1. The minimum absolute atomic E-state index is 0. The highest BCUT2D eigenvalue weighted by Crippen LogP contribution is 2.29. The highest BCUT2D eigenvalue weighted by Gasteiger charge is 2.21. The number of aromatic nitrogens is 6. The van der Waals surface area contributed by atoms with Gasteiger partial charge >= 0.3 is 0 Å².